The van der Waals surface area contributed by atoms with Gasteiger partial charge in [0.2, 0.25) is 5.91 Å². The number of carbonyl (C=O) groups is 1. The van der Waals surface area contributed by atoms with E-state index in [0.717, 1.165) is 36.0 Å². The summed E-state index contributed by atoms with van der Waals surface area (Å²) in [5.74, 6) is 0.904. The van der Waals surface area contributed by atoms with E-state index < -0.39 is 0 Å². The fourth-order valence-corrected chi connectivity index (χ4v) is 5.11. The first-order valence-corrected chi connectivity index (χ1v) is 11.3. The Morgan fingerprint density at radius 3 is 2.55 bits per heavy atom. The highest BCUT2D eigenvalue weighted by atomic mass is 32.1. The quantitative estimate of drug-likeness (QED) is 0.590. The molecule has 1 atom stereocenters. The maximum Gasteiger partial charge on any atom is 0.237 e. The van der Waals surface area contributed by atoms with Gasteiger partial charge in [-0.15, -0.1) is 11.3 Å². The highest BCUT2D eigenvalue weighted by Crippen LogP contribution is 2.29. The van der Waals surface area contributed by atoms with E-state index in [9.17, 15) is 4.79 Å². The predicted octanol–water partition coefficient (Wildman–Crippen LogP) is 4.77. The van der Waals surface area contributed by atoms with Gasteiger partial charge in [-0.05, 0) is 62.9 Å². The summed E-state index contributed by atoms with van der Waals surface area (Å²) in [5.41, 5.74) is 2.44. The lowest BCUT2D eigenvalue weighted by Crippen LogP contribution is -2.43. The van der Waals surface area contributed by atoms with Crippen LogP contribution >= 0.6 is 11.3 Å². The Morgan fingerprint density at radius 1 is 1.14 bits per heavy atom. The number of aromatic nitrogens is 1. The highest BCUT2D eigenvalue weighted by Gasteiger charge is 2.25. The number of likely N-dealkylation sites (N-methyl/N-ethyl adjacent to an activating group) is 1. The molecule has 4 rings (SSSR count). The summed E-state index contributed by atoms with van der Waals surface area (Å²) >= 11 is 1.68. The van der Waals surface area contributed by atoms with Crippen molar-refractivity contribution in [3.05, 3.63) is 65.2 Å². The molecule has 1 aliphatic heterocycles. The highest BCUT2D eigenvalue weighted by molar-refractivity contribution is 7.18. The van der Waals surface area contributed by atoms with Crippen LogP contribution in [0.15, 0.2) is 54.6 Å². The third-order valence-electron chi connectivity index (χ3n) is 6.08. The zero-order chi connectivity index (χ0) is 20.2. The molecule has 1 aromatic heterocycles. The molecule has 5 heteroatoms. The Labute approximate surface area is 177 Å². The van der Waals surface area contributed by atoms with Crippen molar-refractivity contribution in [1.82, 2.24) is 14.8 Å². The number of benzene rings is 2. The third-order valence-corrected chi connectivity index (χ3v) is 7.28. The van der Waals surface area contributed by atoms with Gasteiger partial charge in [0.05, 0.1) is 22.8 Å². The molecule has 0 saturated carbocycles. The number of likely N-dealkylation sites (tertiary alicyclic amines) is 1. The van der Waals surface area contributed by atoms with E-state index in [2.05, 4.69) is 48.2 Å². The van der Waals surface area contributed by atoms with Crippen molar-refractivity contribution in [2.45, 2.75) is 32.2 Å². The standard InChI is InChI=1S/C24H29N3OS/c1-18(24-25-21-10-6-7-11-22(21)29-24)26(2)23(28)17-27-14-12-20(13-15-27)16-19-8-4-3-5-9-19/h3-11,18,20H,12-17H2,1-2H3/t18-/m1/s1. The summed E-state index contributed by atoms with van der Waals surface area (Å²) in [6.45, 7) is 4.59. The number of piperidine rings is 1. The Morgan fingerprint density at radius 2 is 1.83 bits per heavy atom. The maximum absolute atomic E-state index is 12.9. The number of amides is 1. The largest absolute Gasteiger partial charge is 0.335 e. The number of para-hydroxylation sites is 1. The number of thiazole rings is 1. The van der Waals surface area contributed by atoms with Crippen molar-refractivity contribution in [3.8, 4) is 0 Å². The van der Waals surface area contributed by atoms with Crippen molar-refractivity contribution in [2.75, 3.05) is 26.7 Å². The molecule has 1 fully saturated rings. The Kier molecular flexibility index (Phi) is 6.26. The van der Waals surface area contributed by atoms with Crippen LogP contribution in [0.25, 0.3) is 10.2 Å². The lowest BCUT2D eigenvalue weighted by atomic mass is 9.90. The molecule has 152 valence electrons. The maximum atomic E-state index is 12.9. The molecule has 2 aromatic carbocycles. The fraction of sp³-hybridized carbons (Fsp3) is 0.417. The summed E-state index contributed by atoms with van der Waals surface area (Å²) in [4.78, 5) is 21.8. The molecule has 0 N–H and O–H groups in total. The molecule has 29 heavy (non-hydrogen) atoms. The summed E-state index contributed by atoms with van der Waals surface area (Å²) in [7, 11) is 1.90. The molecular weight excluding hydrogens is 378 g/mol. The van der Waals surface area contributed by atoms with E-state index in [0.29, 0.717) is 6.54 Å². The van der Waals surface area contributed by atoms with Gasteiger partial charge in [0.1, 0.15) is 5.01 Å². The van der Waals surface area contributed by atoms with Crippen molar-refractivity contribution in [1.29, 1.82) is 0 Å². The number of nitrogens with zero attached hydrogens (tertiary/aromatic N) is 3. The van der Waals surface area contributed by atoms with Crippen LogP contribution in [0, 0.1) is 5.92 Å². The molecule has 1 amide bonds. The number of hydrogen-bond donors (Lipinski definition) is 0. The van der Waals surface area contributed by atoms with Gasteiger partial charge in [0.25, 0.3) is 0 Å². The summed E-state index contributed by atoms with van der Waals surface area (Å²) in [6, 6.07) is 18.9. The van der Waals surface area contributed by atoms with Crippen LogP contribution in [-0.4, -0.2) is 47.4 Å². The van der Waals surface area contributed by atoms with Gasteiger partial charge < -0.3 is 4.90 Å². The van der Waals surface area contributed by atoms with Crippen LogP contribution in [-0.2, 0) is 11.2 Å². The van der Waals surface area contributed by atoms with E-state index >= 15 is 0 Å². The molecule has 1 aliphatic rings. The van der Waals surface area contributed by atoms with E-state index in [4.69, 9.17) is 4.98 Å². The van der Waals surface area contributed by atoms with Crippen molar-refractivity contribution < 1.29 is 4.79 Å². The molecule has 3 aromatic rings. The van der Waals surface area contributed by atoms with Gasteiger partial charge in [-0.25, -0.2) is 4.98 Å². The molecule has 0 radical (unpaired) electrons. The molecule has 0 aliphatic carbocycles. The van der Waals surface area contributed by atoms with Crippen molar-refractivity contribution in [2.24, 2.45) is 5.92 Å². The average Bonchev–Trinajstić information content (AvgIpc) is 3.19. The van der Waals surface area contributed by atoms with E-state index in [-0.39, 0.29) is 11.9 Å². The second kappa shape index (κ2) is 9.06. The smallest absolute Gasteiger partial charge is 0.237 e. The number of hydrogen-bond acceptors (Lipinski definition) is 4. The molecule has 4 nitrogen and oxygen atoms in total. The van der Waals surface area contributed by atoms with Crippen LogP contribution in [0.1, 0.15) is 36.4 Å². The monoisotopic (exact) mass is 407 g/mol. The first kappa shape index (κ1) is 20.0. The van der Waals surface area contributed by atoms with Crippen LogP contribution in [0.3, 0.4) is 0 Å². The second-order valence-corrected chi connectivity index (χ2v) is 9.17. The van der Waals surface area contributed by atoms with Crippen LogP contribution < -0.4 is 0 Å². The summed E-state index contributed by atoms with van der Waals surface area (Å²) in [6.07, 6.45) is 3.48. The number of fused-ring (bicyclic) bond motifs is 1. The van der Waals surface area contributed by atoms with Gasteiger partial charge in [-0.3, -0.25) is 9.69 Å². The minimum absolute atomic E-state index is 0.00415. The van der Waals surface area contributed by atoms with E-state index in [1.807, 2.05) is 30.1 Å². The predicted molar refractivity (Wildman–Crippen MR) is 120 cm³/mol. The molecule has 1 saturated heterocycles. The van der Waals surface area contributed by atoms with Gasteiger partial charge in [0.15, 0.2) is 0 Å². The van der Waals surface area contributed by atoms with Crippen LogP contribution in [0.2, 0.25) is 0 Å². The average molecular weight is 408 g/mol. The van der Waals surface area contributed by atoms with E-state index in [1.54, 1.807) is 11.3 Å². The first-order chi connectivity index (χ1) is 14.1. The van der Waals surface area contributed by atoms with Gasteiger partial charge in [0, 0.05) is 7.05 Å². The minimum atomic E-state index is -0.00415. The Hall–Kier alpha value is -2.24. The molecule has 0 bridgehead atoms. The number of rotatable bonds is 6. The Balaban J connectivity index is 1.29. The fourth-order valence-electron chi connectivity index (χ4n) is 4.05. The molecule has 0 unspecified atom stereocenters. The molecule has 0 spiro atoms. The van der Waals surface area contributed by atoms with Gasteiger partial charge in [-0.1, -0.05) is 42.5 Å². The second-order valence-electron chi connectivity index (χ2n) is 8.11. The summed E-state index contributed by atoms with van der Waals surface area (Å²) < 4.78 is 1.18. The number of carbonyl (C=O) groups excluding carboxylic acids is 1. The zero-order valence-electron chi connectivity index (χ0n) is 17.3. The van der Waals surface area contributed by atoms with Crippen molar-refractivity contribution >= 4 is 27.5 Å². The van der Waals surface area contributed by atoms with Gasteiger partial charge >= 0.3 is 0 Å². The van der Waals surface area contributed by atoms with E-state index in [1.165, 1.54) is 23.1 Å². The van der Waals surface area contributed by atoms with Crippen LogP contribution in [0.4, 0.5) is 0 Å². The van der Waals surface area contributed by atoms with Crippen molar-refractivity contribution in [3.63, 3.8) is 0 Å². The zero-order valence-corrected chi connectivity index (χ0v) is 18.1. The minimum Gasteiger partial charge on any atom is -0.335 e. The Bertz CT molecular complexity index is 914. The van der Waals surface area contributed by atoms with Gasteiger partial charge in [-0.2, -0.15) is 0 Å². The first-order valence-electron chi connectivity index (χ1n) is 10.5. The molecular formula is C24H29N3OS. The topological polar surface area (TPSA) is 36.4 Å². The lowest BCUT2D eigenvalue weighted by molar-refractivity contribution is -0.133. The normalized spacial score (nSPS) is 16.8. The SMILES string of the molecule is C[C@H](c1nc2ccccc2s1)N(C)C(=O)CN1CCC(Cc2ccccc2)CC1. The summed E-state index contributed by atoms with van der Waals surface area (Å²) in [5, 5.41) is 1.00. The third kappa shape index (κ3) is 4.85. The van der Waals surface area contributed by atoms with Crippen LogP contribution in [0.5, 0.6) is 0 Å². The lowest BCUT2D eigenvalue weighted by Gasteiger charge is -2.33. The molecule has 2 heterocycles.